The van der Waals surface area contributed by atoms with Gasteiger partial charge in [-0.2, -0.15) is 0 Å². The summed E-state index contributed by atoms with van der Waals surface area (Å²) in [6, 6.07) is 0. The summed E-state index contributed by atoms with van der Waals surface area (Å²) in [4.78, 5) is 0. The van der Waals surface area contributed by atoms with E-state index in [2.05, 4.69) is 19.1 Å². The molecule has 1 heterocycles. The Morgan fingerprint density at radius 1 is 1.54 bits per heavy atom. The summed E-state index contributed by atoms with van der Waals surface area (Å²) in [5.41, 5.74) is 2.32. The fourth-order valence-corrected chi connectivity index (χ4v) is 1.17. The minimum Gasteiger partial charge on any atom is -0.287 e. The predicted molar refractivity (Wildman–Crippen MR) is 56.4 cm³/mol. The van der Waals surface area contributed by atoms with Gasteiger partial charge in [-0.15, -0.1) is 0 Å². The lowest BCUT2D eigenvalue weighted by Gasteiger charge is -2.17. The number of hydrogen-bond donors (Lipinski definition) is 1. The normalized spacial score (nSPS) is 20.1. The molecular weight excluding hydrogens is 160 g/mol. The Morgan fingerprint density at radius 3 is 2.85 bits per heavy atom. The molecule has 1 rings (SSSR count). The van der Waals surface area contributed by atoms with Crippen LogP contribution in [-0.4, -0.2) is 5.01 Å². The van der Waals surface area contributed by atoms with Gasteiger partial charge in [0.15, 0.2) is 0 Å². The molecule has 0 saturated heterocycles. The van der Waals surface area contributed by atoms with Crippen molar-refractivity contribution in [2.75, 3.05) is 0 Å². The van der Waals surface area contributed by atoms with Crippen molar-refractivity contribution in [3.8, 4) is 0 Å². The molecule has 0 aromatic rings. The molecule has 2 nitrogen and oxygen atoms in total. The van der Waals surface area contributed by atoms with Crippen LogP contribution in [0.3, 0.4) is 0 Å². The highest BCUT2D eigenvalue weighted by molar-refractivity contribution is 5.33. The van der Waals surface area contributed by atoms with E-state index >= 15 is 0 Å². The van der Waals surface area contributed by atoms with Crippen LogP contribution in [0.15, 0.2) is 47.9 Å². The molecule has 0 amide bonds. The summed E-state index contributed by atoms with van der Waals surface area (Å²) in [7, 11) is 0. The maximum Gasteiger partial charge on any atom is 0.0570 e. The van der Waals surface area contributed by atoms with Crippen LogP contribution < -0.4 is 5.84 Å². The standard InChI is InChI=1S/C11H16N2/c1-3-10(4-2)9-11-7-5-6-8-13(11)12/h3,5-9H,4,12H2,1-2H3/b10-3-,11-9-. The van der Waals surface area contributed by atoms with E-state index in [4.69, 9.17) is 5.84 Å². The van der Waals surface area contributed by atoms with E-state index in [1.54, 1.807) is 5.01 Å². The first kappa shape index (κ1) is 9.81. The SMILES string of the molecule is C/C=C(\C=C1\C=CC=CN1N)CC. The Morgan fingerprint density at radius 2 is 2.31 bits per heavy atom. The zero-order valence-corrected chi connectivity index (χ0v) is 8.20. The van der Waals surface area contributed by atoms with Crippen molar-refractivity contribution >= 4 is 0 Å². The molecule has 0 atom stereocenters. The summed E-state index contributed by atoms with van der Waals surface area (Å²) in [5, 5.41) is 1.62. The minimum atomic E-state index is 1.03. The van der Waals surface area contributed by atoms with Crippen LogP contribution in [0, 0.1) is 0 Å². The van der Waals surface area contributed by atoms with E-state index in [9.17, 15) is 0 Å². The molecule has 13 heavy (non-hydrogen) atoms. The van der Waals surface area contributed by atoms with Gasteiger partial charge in [0.2, 0.25) is 0 Å². The average molecular weight is 176 g/mol. The van der Waals surface area contributed by atoms with Gasteiger partial charge in [0.25, 0.3) is 0 Å². The lowest BCUT2D eigenvalue weighted by Crippen LogP contribution is -2.24. The summed E-state index contributed by atoms with van der Waals surface area (Å²) >= 11 is 0. The average Bonchev–Trinajstić information content (AvgIpc) is 2.17. The molecule has 0 unspecified atom stereocenters. The molecule has 0 fully saturated rings. The van der Waals surface area contributed by atoms with Crippen LogP contribution in [0.4, 0.5) is 0 Å². The van der Waals surface area contributed by atoms with Crippen LogP contribution in [0.1, 0.15) is 20.3 Å². The number of hydrogen-bond acceptors (Lipinski definition) is 2. The van der Waals surface area contributed by atoms with Crippen LogP contribution in [0.25, 0.3) is 0 Å². The Kier molecular flexibility index (Phi) is 3.53. The van der Waals surface area contributed by atoms with E-state index in [0.29, 0.717) is 0 Å². The van der Waals surface area contributed by atoms with Crippen LogP contribution >= 0.6 is 0 Å². The smallest absolute Gasteiger partial charge is 0.0570 e. The fourth-order valence-electron chi connectivity index (χ4n) is 1.17. The maximum absolute atomic E-state index is 5.74. The fraction of sp³-hybridized carbons (Fsp3) is 0.273. The van der Waals surface area contributed by atoms with E-state index in [1.807, 2.05) is 31.4 Å². The van der Waals surface area contributed by atoms with Gasteiger partial charge in [-0.3, -0.25) is 5.01 Å². The van der Waals surface area contributed by atoms with Gasteiger partial charge in [-0.1, -0.05) is 24.6 Å². The van der Waals surface area contributed by atoms with Gasteiger partial charge < -0.3 is 0 Å². The quantitative estimate of drug-likeness (QED) is 0.655. The Balaban J connectivity index is 2.81. The number of allylic oxidation sites excluding steroid dienone is 6. The highest BCUT2D eigenvalue weighted by atomic mass is 15.4. The molecule has 0 bridgehead atoms. The van der Waals surface area contributed by atoms with Crippen LogP contribution in [-0.2, 0) is 0 Å². The van der Waals surface area contributed by atoms with Crippen LogP contribution in [0.2, 0.25) is 0 Å². The molecular formula is C11H16N2. The molecule has 1 aliphatic rings. The predicted octanol–water partition coefficient (Wildman–Crippen LogP) is 2.49. The lowest BCUT2D eigenvalue weighted by atomic mass is 10.1. The molecule has 70 valence electrons. The third-order valence-corrected chi connectivity index (χ3v) is 2.04. The van der Waals surface area contributed by atoms with Crippen molar-refractivity contribution in [2.24, 2.45) is 5.84 Å². The van der Waals surface area contributed by atoms with Gasteiger partial charge in [-0.25, -0.2) is 5.84 Å². The Hall–Kier alpha value is -1.28. The second-order valence-electron chi connectivity index (χ2n) is 2.89. The summed E-state index contributed by atoms with van der Waals surface area (Å²) < 4.78 is 0. The molecule has 0 aliphatic carbocycles. The number of nitrogens with two attached hydrogens (primary N) is 1. The van der Waals surface area contributed by atoms with E-state index in [0.717, 1.165) is 12.1 Å². The van der Waals surface area contributed by atoms with Gasteiger partial charge in [0, 0.05) is 6.20 Å². The van der Waals surface area contributed by atoms with Crippen molar-refractivity contribution < 1.29 is 0 Å². The van der Waals surface area contributed by atoms with Gasteiger partial charge in [0.05, 0.1) is 5.70 Å². The molecule has 0 spiro atoms. The Labute approximate surface area is 79.7 Å². The number of hydrazine groups is 1. The first-order chi connectivity index (χ1) is 6.27. The highest BCUT2D eigenvalue weighted by Gasteiger charge is 2.01. The lowest BCUT2D eigenvalue weighted by molar-refractivity contribution is 0.504. The summed E-state index contributed by atoms with van der Waals surface area (Å²) in [5.74, 6) is 5.74. The topological polar surface area (TPSA) is 29.3 Å². The summed E-state index contributed by atoms with van der Waals surface area (Å²) in [6.07, 6.45) is 13.0. The number of rotatable bonds is 2. The summed E-state index contributed by atoms with van der Waals surface area (Å²) in [6.45, 7) is 4.18. The van der Waals surface area contributed by atoms with Gasteiger partial charge in [0.1, 0.15) is 0 Å². The largest absolute Gasteiger partial charge is 0.287 e. The monoisotopic (exact) mass is 176 g/mol. The Bertz CT molecular complexity index is 282. The molecule has 2 N–H and O–H groups in total. The third kappa shape index (κ3) is 2.60. The first-order valence-corrected chi connectivity index (χ1v) is 4.53. The molecule has 0 aromatic carbocycles. The van der Waals surface area contributed by atoms with Crippen molar-refractivity contribution in [3.63, 3.8) is 0 Å². The van der Waals surface area contributed by atoms with Crippen molar-refractivity contribution in [1.82, 2.24) is 5.01 Å². The van der Waals surface area contributed by atoms with Crippen molar-refractivity contribution in [2.45, 2.75) is 20.3 Å². The van der Waals surface area contributed by atoms with Gasteiger partial charge >= 0.3 is 0 Å². The maximum atomic E-state index is 5.74. The van der Waals surface area contributed by atoms with E-state index in [1.165, 1.54) is 5.57 Å². The van der Waals surface area contributed by atoms with Crippen molar-refractivity contribution in [1.29, 1.82) is 0 Å². The zero-order valence-electron chi connectivity index (χ0n) is 8.20. The molecule has 2 heteroatoms. The number of nitrogens with zero attached hydrogens (tertiary/aromatic N) is 1. The second kappa shape index (κ2) is 4.67. The van der Waals surface area contributed by atoms with E-state index in [-0.39, 0.29) is 0 Å². The molecule has 0 aromatic heterocycles. The first-order valence-electron chi connectivity index (χ1n) is 4.53. The van der Waals surface area contributed by atoms with Gasteiger partial charge in [-0.05, 0) is 31.6 Å². The highest BCUT2D eigenvalue weighted by Crippen LogP contribution is 2.12. The third-order valence-electron chi connectivity index (χ3n) is 2.04. The molecule has 0 saturated carbocycles. The van der Waals surface area contributed by atoms with Crippen LogP contribution in [0.5, 0.6) is 0 Å². The van der Waals surface area contributed by atoms with E-state index < -0.39 is 0 Å². The molecule has 1 aliphatic heterocycles. The molecule has 0 radical (unpaired) electrons. The second-order valence-corrected chi connectivity index (χ2v) is 2.89. The van der Waals surface area contributed by atoms with Crippen molar-refractivity contribution in [3.05, 3.63) is 47.9 Å². The minimum absolute atomic E-state index is 1.03. The zero-order chi connectivity index (χ0) is 9.68.